The molecule has 17 heavy (non-hydrogen) atoms. The van der Waals surface area contributed by atoms with Gasteiger partial charge < -0.3 is 10.8 Å². The summed E-state index contributed by atoms with van der Waals surface area (Å²) in [4.78, 5) is 11.8. The third-order valence-electron chi connectivity index (χ3n) is 4.99. The fourth-order valence-corrected chi connectivity index (χ4v) is 3.78. The summed E-state index contributed by atoms with van der Waals surface area (Å²) in [6, 6.07) is 0.230. The lowest BCUT2D eigenvalue weighted by atomic mass is 9.63. The van der Waals surface area contributed by atoms with E-state index in [2.05, 4.69) is 0 Å². The molecule has 3 nitrogen and oxygen atoms in total. The minimum Gasteiger partial charge on any atom is -0.481 e. The Morgan fingerprint density at radius 2 is 1.53 bits per heavy atom. The molecular formula is C14H25NO2. The molecule has 2 aliphatic rings. The maximum Gasteiger partial charge on any atom is 0.309 e. The number of aliphatic carboxylic acids is 1. The summed E-state index contributed by atoms with van der Waals surface area (Å²) in [5, 5.41) is 9.68. The smallest absolute Gasteiger partial charge is 0.309 e. The highest BCUT2D eigenvalue weighted by atomic mass is 16.4. The van der Waals surface area contributed by atoms with Gasteiger partial charge in [0.25, 0.3) is 0 Å². The number of rotatable bonds is 2. The van der Waals surface area contributed by atoms with Gasteiger partial charge in [0.05, 0.1) is 5.41 Å². The summed E-state index contributed by atoms with van der Waals surface area (Å²) in [7, 11) is 0. The van der Waals surface area contributed by atoms with E-state index in [9.17, 15) is 9.90 Å². The van der Waals surface area contributed by atoms with E-state index in [1.165, 1.54) is 25.7 Å². The minimum atomic E-state index is -0.559. The Bertz CT molecular complexity index is 261. The van der Waals surface area contributed by atoms with Gasteiger partial charge in [0, 0.05) is 6.04 Å². The van der Waals surface area contributed by atoms with Gasteiger partial charge in [0.2, 0.25) is 0 Å². The highest BCUT2D eigenvalue weighted by Gasteiger charge is 2.47. The molecule has 0 bridgehead atoms. The van der Waals surface area contributed by atoms with Crippen molar-refractivity contribution in [2.45, 2.75) is 70.3 Å². The van der Waals surface area contributed by atoms with Crippen LogP contribution in [0.5, 0.6) is 0 Å². The van der Waals surface area contributed by atoms with E-state index in [-0.39, 0.29) is 6.04 Å². The standard InChI is InChI=1S/C14H25NO2/c15-12-7-9-14(10-8-12,13(16)17)11-5-3-1-2-4-6-11/h11-12H,1-10,15H2,(H,16,17). The Morgan fingerprint density at radius 1 is 1.00 bits per heavy atom. The third-order valence-corrected chi connectivity index (χ3v) is 4.99. The molecule has 0 aliphatic heterocycles. The lowest BCUT2D eigenvalue weighted by molar-refractivity contribution is -0.156. The molecule has 0 radical (unpaired) electrons. The molecule has 0 spiro atoms. The summed E-state index contributed by atoms with van der Waals surface area (Å²) in [6.07, 6.45) is 10.6. The maximum atomic E-state index is 11.8. The van der Waals surface area contributed by atoms with E-state index in [1.807, 2.05) is 0 Å². The highest BCUT2D eigenvalue weighted by molar-refractivity contribution is 5.75. The molecule has 2 saturated carbocycles. The second-order valence-electron chi connectivity index (χ2n) is 5.99. The highest BCUT2D eigenvalue weighted by Crippen LogP contribution is 2.47. The van der Waals surface area contributed by atoms with E-state index in [4.69, 9.17) is 5.73 Å². The fraction of sp³-hybridized carbons (Fsp3) is 0.929. The predicted octanol–water partition coefficient (Wildman–Crippen LogP) is 2.93. The van der Waals surface area contributed by atoms with E-state index >= 15 is 0 Å². The van der Waals surface area contributed by atoms with Crippen molar-refractivity contribution in [1.29, 1.82) is 0 Å². The van der Waals surface area contributed by atoms with Gasteiger partial charge in [-0.25, -0.2) is 0 Å². The molecule has 0 amide bonds. The van der Waals surface area contributed by atoms with Gasteiger partial charge >= 0.3 is 5.97 Å². The van der Waals surface area contributed by atoms with Crippen molar-refractivity contribution >= 4 is 5.97 Å². The molecule has 2 rings (SSSR count). The van der Waals surface area contributed by atoms with Crippen LogP contribution in [0.25, 0.3) is 0 Å². The first-order valence-electron chi connectivity index (χ1n) is 7.14. The zero-order valence-corrected chi connectivity index (χ0v) is 10.7. The number of nitrogens with two attached hydrogens (primary N) is 1. The summed E-state index contributed by atoms with van der Waals surface area (Å²) in [5.74, 6) is -0.161. The van der Waals surface area contributed by atoms with Crippen molar-refractivity contribution in [1.82, 2.24) is 0 Å². The molecule has 0 atom stereocenters. The number of carboxylic acids is 1. The number of carboxylic acid groups (broad SMARTS) is 1. The number of carbonyl (C=O) groups is 1. The van der Waals surface area contributed by atoms with Crippen molar-refractivity contribution in [3.8, 4) is 0 Å². The zero-order chi connectivity index (χ0) is 12.3. The van der Waals surface area contributed by atoms with Gasteiger partial charge in [0.1, 0.15) is 0 Å². The van der Waals surface area contributed by atoms with Crippen LogP contribution >= 0.6 is 0 Å². The molecule has 98 valence electrons. The Hall–Kier alpha value is -0.570. The Morgan fingerprint density at radius 3 is 2.00 bits per heavy atom. The largest absolute Gasteiger partial charge is 0.481 e. The first-order valence-corrected chi connectivity index (χ1v) is 7.14. The van der Waals surface area contributed by atoms with Gasteiger partial charge in [-0.3, -0.25) is 4.79 Å². The number of hydrogen-bond acceptors (Lipinski definition) is 2. The number of hydrogen-bond donors (Lipinski definition) is 2. The monoisotopic (exact) mass is 239 g/mol. The van der Waals surface area contributed by atoms with Crippen LogP contribution in [0.2, 0.25) is 0 Å². The fourth-order valence-electron chi connectivity index (χ4n) is 3.78. The van der Waals surface area contributed by atoms with Crippen LogP contribution in [-0.4, -0.2) is 17.1 Å². The van der Waals surface area contributed by atoms with Crippen LogP contribution in [0.1, 0.15) is 64.2 Å². The average molecular weight is 239 g/mol. The quantitative estimate of drug-likeness (QED) is 0.728. The molecule has 0 aromatic heterocycles. The molecule has 2 fully saturated rings. The van der Waals surface area contributed by atoms with Crippen molar-refractivity contribution in [2.75, 3.05) is 0 Å². The van der Waals surface area contributed by atoms with Crippen LogP contribution in [0, 0.1) is 11.3 Å². The lowest BCUT2D eigenvalue weighted by Gasteiger charge is -2.41. The molecule has 0 aromatic carbocycles. The summed E-state index contributed by atoms with van der Waals surface area (Å²) in [5.41, 5.74) is 5.48. The molecule has 0 unspecified atom stereocenters. The lowest BCUT2D eigenvalue weighted by Crippen LogP contribution is -2.44. The molecule has 0 saturated heterocycles. The Labute approximate surface area is 104 Å². The van der Waals surface area contributed by atoms with E-state index < -0.39 is 11.4 Å². The van der Waals surface area contributed by atoms with Crippen LogP contribution in [0.3, 0.4) is 0 Å². The van der Waals surface area contributed by atoms with E-state index in [0.29, 0.717) is 5.92 Å². The molecule has 0 heterocycles. The normalized spacial score (nSPS) is 36.4. The van der Waals surface area contributed by atoms with Crippen molar-refractivity contribution in [3.05, 3.63) is 0 Å². The van der Waals surface area contributed by atoms with E-state index in [0.717, 1.165) is 38.5 Å². The third kappa shape index (κ3) is 2.65. The van der Waals surface area contributed by atoms with Crippen molar-refractivity contribution in [2.24, 2.45) is 17.1 Å². The minimum absolute atomic E-state index is 0.230. The summed E-state index contributed by atoms with van der Waals surface area (Å²) >= 11 is 0. The molecular weight excluding hydrogens is 214 g/mol. The Balaban J connectivity index is 2.12. The van der Waals surface area contributed by atoms with E-state index in [1.54, 1.807) is 0 Å². The van der Waals surface area contributed by atoms with Crippen molar-refractivity contribution in [3.63, 3.8) is 0 Å². The maximum absolute atomic E-state index is 11.8. The first kappa shape index (κ1) is 12.9. The van der Waals surface area contributed by atoms with Gasteiger partial charge in [-0.1, -0.05) is 25.7 Å². The second kappa shape index (κ2) is 5.38. The molecule has 3 N–H and O–H groups in total. The molecule has 2 aliphatic carbocycles. The van der Waals surface area contributed by atoms with Crippen LogP contribution < -0.4 is 5.73 Å². The summed E-state index contributed by atoms with van der Waals surface area (Å²) in [6.45, 7) is 0. The van der Waals surface area contributed by atoms with Gasteiger partial charge in [0.15, 0.2) is 0 Å². The van der Waals surface area contributed by atoms with Crippen molar-refractivity contribution < 1.29 is 9.90 Å². The topological polar surface area (TPSA) is 63.3 Å². The van der Waals surface area contributed by atoms with Crippen LogP contribution in [-0.2, 0) is 4.79 Å². The average Bonchev–Trinajstić information content (AvgIpc) is 2.59. The Kier molecular flexibility index (Phi) is 4.08. The van der Waals surface area contributed by atoms with Crippen LogP contribution in [0.15, 0.2) is 0 Å². The predicted molar refractivity (Wildman–Crippen MR) is 67.7 cm³/mol. The van der Waals surface area contributed by atoms with Crippen LogP contribution in [0.4, 0.5) is 0 Å². The van der Waals surface area contributed by atoms with Gasteiger partial charge in [-0.2, -0.15) is 0 Å². The summed E-state index contributed by atoms with van der Waals surface area (Å²) < 4.78 is 0. The van der Waals surface area contributed by atoms with Gasteiger partial charge in [-0.15, -0.1) is 0 Å². The molecule has 3 heteroatoms. The SMILES string of the molecule is NC1CCC(C(=O)O)(C2CCCCCC2)CC1. The zero-order valence-electron chi connectivity index (χ0n) is 10.7. The van der Waals surface area contributed by atoms with Gasteiger partial charge in [-0.05, 0) is 44.4 Å². The molecule has 0 aromatic rings. The first-order chi connectivity index (χ1) is 8.15. The second-order valence-corrected chi connectivity index (χ2v) is 5.99.